The van der Waals surface area contributed by atoms with Crippen molar-refractivity contribution < 1.29 is 19.0 Å². The van der Waals surface area contributed by atoms with Crippen LogP contribution in [0.3, 0.4) is 0 Å². The largest absolute Gasteiger partial charge is 0.493 e. The Morgan fingerprint density at radius 2 is 1.60 bits per heavy atom. The van der Waals surface area contributed by atoms with Gasteiger partial charge in [-0.05, 0) is 35.9 Å². The minimum Gasteiger partial charge on any atom is -0.493 e. The second-order valence-electron chi connectivity index (χ2n) is 5.60. The number of allylic oxidation sites excluding steroid dienone is 1. The molecule has 0 atom stereocenters. The van der Waals surface area contributed by atoms with Crippen molar-refractivity contribution in [3.05, 3.63) is 53.6 Å². The van der Waals surface area contributed by atoms with E-state index in [0.717, 1.165) is 11.3 Å². The summed E-state index contributed by atoms with van der Waals surface area (Å²) < 4.78 is 15.8. The summed E-state index contributed by atoms with van der Waals surface area (Å²) in [6.45, 7) is 0. The first-order chi connectivity index (χ1) is 12.0. The van der Waals surface area contributed by atoms with Gasteiger partial charge in [0.15, 0.2) is 17.3 Å². The number of methoxy groups -OCH3 is 3. The summed E-state index contributed by atoms with van der Waals surface area (Å²) >= 11 is 0. The monoisotopic (exact) mass is 341 g/mol. The zero-order valence-electron chi connectivity index (χ0n) is 15.2. The third-order valence-electron chi connectivity index (χ3n) is 3.76. The van der Waals surface area contributed by atoms with Crippen LogP contribution in [0.1, 0.15) is 15.9 Å². The SMILES string of the molecule is COc1cc(C(=O)/C=C/c2cccc(N(C)C)c2)cc(OC)c1OC. The fourth-order valence-corrected chi connectivity index (χ4v) is 2.40. The van der Waals surface area contributed by atoms with Crippen molar-refractivity contribution in [2.45, 2.75) is 0 Å². The lowest BCUT2D eigenvalue weighted by atomic mass is 10.1. The number of hydrogen-bond donors (Lipinski definition) is 0. The van der Waals surface area contributed by atoms with E-state index in [0.29, 0.717) is 22.8 Å². The molecule has 0 saturated heterocycles. The lowest BCUT2D eigenvalue weighted by molar-refractivity contribution is 0.104. The summed E-state index contributed by atoms with van der Waals surface area (Å²) in [5.74, 6) is 1.22. The van der Waals surface area contributed by atoms with Crippen molar-refractivity contribution in [1.29, 1.82) is 0 Å². The molecule has 0 fully saturated rings. The lowest BCUT2D eigenvalue weighted by Crippen LogP contribution is -2.08. The number of nitrogens with zero attached hydrogens (tertiary/aromatic N) is 1. The molecular formula is C20H23NO4. The molecule has 5 heteroatoms. The smallest absolute Gasteiger partial charge is 0.203 e. The Hall–Kier alpha value is -2.95. The Kier molecular flexibility index (Phi) is 6.06. The zero-order chi connectivity index (χ0) is 18.4. The second kappa shape index (κ2) is 8.24. The van der Waals surface area contributed by atoms with Crippen molar-refractivity contribution >= 4 is 17.5 Å². The van der Waals surface area contributed by atoms with Crippen LogP contribution >= 0.6 is 0 Å². The zero-order valence-corrected chi connectivity index (χ0v) is 15.2. The van der Waals surface area contributed by atoms with Gasteiger partial charge in [-0.1, -0.05) is 18.2 Å². The van der Waals surface area contributed by atoms with Crippen molar-refractivity contribution in [1.82, 2.24) is 0 Å². The van der Waals surface area contributed by atoms with E-state index in [2.05, 4.69) is 0 Å². The Morgan fingerprint density at radius 1 is 0.960 bits per heavy atom. The molecule has 0 aliphatic heterocycles. The number of carbonyl (C=O) groups excluding carboxylic acids is 1. The Labute approximate surface area is 148 Å². The molecule has 25 heavy (non-hydrogen) atoms. The van der Waals surface area contributed by atoms with E-state index < -0.39 is 0 Å². The molecule has 2 aromatic carbocycles. The third kappa shape index (κ3) is 4.32. The van der Waals surface area contributed by atoms with Gasteiger partial charge in [-0.2, -0.15) is 0 Å². The lowest BCUT2D eigenvalue weighted by Gasteiger charge is -2.13. The maximum atomic E-state index is 12.5. The summed E-state index contributed by atoms with van der Waals surface area (Å²) in [6, 6.07) is 11.2. The molecule has 2 rings (SSSR count). The molecule has 0 aromatic heterocycles. The fourth-order valence-electron chi connectivity index (χ4n) is 2.40. The topological polar surface area (TPSA) is 48.0 Å². The number of anilines is 1. The molecule has 0 saturated carbocycles. The summed E-state index contributed by atoms with van der Waals surface area (Å²) in [5, 5.41) is 0. The number of hydrogen-bond acceptors (Lipinski definition) is 5. The van der Waals surface area contributed by atoms with E-state index in [-0.39, 0.29) is 5.78 Å². The first-order valence-electron chi connectivity index (χ1n) is 7.80. The average Bonchev–Trinajstić information content (AvgIpc) is 2.64. The maximum Gasteiger partial charge on any atom is 0.203 e. The van der Waals surface area contributed by atoms with E-state index >= 15 is 0 Å². The number of ether oxygens (including phenoxy) is 3. The van der Waals surface area contributed by atoms with E-state index in [1.54, 1.807) is 18.2 Å². The third-order valence-corrected chi connectivity index (χ3v) is 3.76. The second-order valence-corrected chi connectivity index (χ2v) is 5.60. The Balaban J connectivity index is 2.30. The molecule has 0 aliphatic carbocycles. The highest BCUT2D eigenvalue weighted by Crippen LogP contribution is 2.38. The quantitative estimate of drug-likeness (QED) is 0.568. The minimum absolute atomic E-state index is 0.144. The van der Waals surface area contributed by atoms with Gasteiger partial charge >= 0.3 is 0 Å². The highest BCUT2D eigenvalue weighted by Gasteiger charge is 2.15. The first-order valence-corrected chi connectivity index (χ1v) is 7.80. The first kappa shape index (κ1) is 18.4. The van der Waals surface area contributed by atoms with E-state index in [1.807, 2.05) is 43.3 Å². The molecule has 0 spiro atoms. The van der Waals surface area contributed by atoms with Crippen molar-refractivity contribution in [2.75, 3.05) is 40.3 Å². The fraction of sp³-hybridized carbons (Fsp3) is 0.250. The number of benzene rings is 2. The van der Waals surface area contributed by atoms with Crippen molar-refractivity contribution in [3.8, 4) is 17.2 Å². The maximum absolute atomic E-state index is 12.5. The van der Waals surface area contributed by atoms with Crippen LogP contribution in [-0.2, 0) is 0 Å². The van der Waals surface area contributed by atoms with Crippen LogP contribution in [-0.4, -0.2) is 41.2 Å². The highest BCUT2D eigenvalue weighted by molar-refractivity contribution is 6.07. The summed E-state index contributed by atoms with van der Waals surface area (Å²) in [6.07, 6.45) is 3.33. The molecule has 0 aliphatic rings. The van der Waals surface area contributed by atoms with Gasteiger partial charge in [0.05, 0.1) is 21.3 Å². The normalized spacial score (nSPS) is 10.6. The number of ketones is 1. The molecule has 132 valence electrons. The van der Waals surface area contributed by atoms with Gasteiger partial charge in [0.2, 0.25) is 5.75 Å². The van der Waals surface area contributed by atoms with Gasteiger partial charge in [-0.25, -0.2) is 0 Å². The number of rotatable bonds is 7. The van der Waals surface area contributed by atoms with Gasteiger partial charge in [-0.3, -0.25) is 4.79 Å². The minimum atomic E-state index is -0.144. The standard InChI is InChI=1S/C20H23NO4/c1-21(2)16-8-6-7-14(11-16)9-10-17(22)15-12-18(23-3)20(25-5)19(13-15)24-4/h6-13H,1-5H3/b10-9+. The summed E-state index contributed by atoms with van der Waals surface area (Å²) in [7, 11) is 8.52. The average molecular weight is 341 g/mol. The van der Waals surface area contributed by atoms with E-state index in [9.17, 15) is 4.79 Å². The predicted molar refractivity (Wildman–Crippen MR) is 100 cm³/mol. The van der Waals surface area contributed by atoms with Gasteiger partial charge in [-0.15, -0.1) is 0 Å². The molecule has 5 nitrogen and oxygen atoms in total. The van der Waals surface area contributed by atoms with Gasteiger partial charge in [0.1, 0.15) is 0 Å². The van der Waals surface area contributed by atoms with Crippen LogP contribution < -0.4 is 19.1 Å². The Bertz CT molecular complexity index is 756. The molecule has 0 unspecified atom stereocenters. The van der Waals surface area contributed by atoms with Crippen LogP contribution in [0.15, 0.2) is 42.5 Å². The summed E-state index contributed by atoms with van der Waals surface area (Å²) in [5.41, 5.74) is 2.49. The van der Waals surface area contributed by atoms with Crippen LogP contribution in [0.2, 0.25) is 0 Å². The summed E-state index contributed by atoms with van der Waals surface area (Å²) in [4.78, 5) is 14.5. The van der Waals surface area contributed by atoms with Crippen LogP contribution in [0.4, 0.5) is 5.69 Å². The Morgan fingerprint density at radius 3 is 2.12 bits per heavy atom. The molecular weight excluding hydrogens is 318 g/mol. The van der Waals surface area contributed by atoms with Crippen LogP contribution in [0, 0.1) is 0 Å². The van der Waals surface area contributed by atoms with E-state index in [1.165, 1.54) is 27.4 Å². The molecule has 0 bridgehead atoms. The highest BCUT2D eigenvalue weighted by atomic mass is 16.5. The molecule has 2 aromatic rings. The predicted octanol–water partition coefficient (Wildman–Crippen LogP) is 3.67. The van der Waals surface area contributed by atoms with Crippen LogP contribution in [0.25, 0.3) is 6.08 Å². The molecule has 0 radical (unpaired) electrons. The van der Waals surface area contributed by atoms with Gasteiger partial charge in [0.25, 0.3) is 0 Å². The van der Waals surface area contributed by atoms with Crippen molar-refractivity contribution in [2.24, 2.45) is 0 Å². The van der Waals surface area contributed by atoms with E-state index in [4.69, 9.17) is 14.2 Å². The van der Waals surface area contributed by atoms with Gasteiger partial charge in [0, 0.05) is 25.3 Å². The molecule has 0 N–H and O–H groups in total. The molecule has 0 heterocycles. The van der Waals surface area contributed by atoms with Crippen molar-refractivity contribution in [3.63, 3.8) is 0 Å². The number of carbonyl (C=O) groups is 1. The molecule has 0 amide bonds. The van der Waals surface area contributed by atoms with Crippen LogP contribution in [0.5, 0.6) is 17.2 Å². The van der Waals surface area contributed by atoms with Gasteiger partial charge < -0.3 is 19.1 Å².